The lowest BCUT2D eigenvalue weighted by atomic mass is 9.99. The van der Waals surface area contributed by atoms with Crippen LogP contribution in [0.15, 0.2) is 36.5 Å². The Kier molecular flexibility index (Phi) is 4.31. The van der Waals surface area contributed by atoms with Gasteiger partial charge in [0.2, 0.25) is 5.91 Å². The second kappa shape index (κ2) is 6.66. The summed E-state index contributed by atoms with van der Waals surface area (Å²) < 4.78 is 2.94. The third-order valence-electron chi connectivity index (χ3n) is 4.55. The smallest absolute Gasteiger partial charge is 0.248 e. The summed E-state index contributed by atoms with van der Waals surface area (Å²) in [5, 5.41) is 9.55. The maximum atomic E-state index is 11.6. The minimum atomic E-state index is -0.435. The highest BCUT2D eigenvalue weighted by Crippen LogP contribution is 2.34. The maximum absolute atomic E-state index is 11.6. The Morgan fingerprint density at radius 1 is 1.30 bits per heavy atom. The third-order valence-corrected chi connectivity index (χ3v) is 5.49. The lowest BCUT2D eigenvalue weighted by Crippen LogP contribution is -2.12. The van der Waals surface area contributed by atoms with Gasteiger partial charge in [-0.15, -0.1) is 0 Å². The number of hydrogen-bond acceptors (Lipinski definition) is 5. The zero-order chi connectivity index (χ0) is 19.1. The summed E-state index contributed by atoms with van der Waals surface area (Å²) in [5.41, 5.74) is 9.95. The predicted octanol–water partition coefficient (Wildman–Crippen LogP) is 4.22. The zero-order valence-corrected chi connectivity index (χ0v) is 16.3. The fourth-order valence-corrected chi connectivity index (χ4v) is 4.15. The van der Waals surface area contributed by atoms with Gasteiger partial charge >= 0.3 is 0 Å². The van der Waals surface area contributed by atoms with Crippen molar-refractivity contribution in [1.29, 1.82) is 0 Å². The molecule has 0 aliphatic heterocycles. The highest BCUT2D eigenvalue weighted by molar-refractivity contribution is 7.22. The lowest BCUT2D eigenvalue weighted by molar-refractivity contribution is 0.100. The van der Waals surface area contributed by atoms with Crippen molar-refractivity contribution in [2.24, 2.45) is 18.7 Å². The molecule has 4 aromatic rings. The molecule has 0 saturated carbocycles. The van der Waals surface area contributed by atoms with Gasteiger partial charge in [0.05, 0.1) is 21.9 Å². The summed E-state index contributed by atoms with van der Waals surface area (Å²) in [6.45, 7) is 4.34. The number of nitrogens with one attached hydrogen (secondary N) is 1. The number of fused-ring (bicyclic) bond motifs is 3. The summed E-state index contributed by atoms with van der Waals surface area (Å²) in [5.74, 6) is 0.0610. The van der Waals surface area contributed by atoms with E-state index < -0.39 is 5.91 Å². The molecule has 0 atom stereocenters. The molecule has 6 nitrogen and oxygen atoms in total. The van der Waals surface area contributed by atoms with Gasteiger partial charge in [-0.05, 0) is 42.2 Å². The van der Waals surface area contributed by atoms with Crippen LogP contribution in [0, 0.1) is 5.92 Å². The number of nitrogens with two attached hydrogens (primary N) is 1. The van der Waals surface area contributed by atoms with Gasteiger partial charge in [-0.1, -0.05) is 31.3 Å². The molecular weight excluding hydrogens is 358 g/mol. The monoisotopic (exact) mass is 379 g/mol. The van der Waals surface area contributed by atoms with E-state index in [0.717, 1.165) is 43.9 Å². The molecule has 0 aliphatic carbocycles. The van der Waals surface area contributed by atoms with Crippen molar-refractivity contribution in [3.8, 4) is 0 Å². The first kappa shape index (κ1) is 17.5. The summed E-state index contributed by atoms with van der Waals surface area (Å²) in [6, 6.07) is 9.69. The van der Waals surface area contributed by atoms with E-state index in [1.807, 2.05) is 30.1 Å². The second-order valence-corrected chi connectivity index (χ2v) is 8.12. The number of primary amides is 1. The van der Waals surface area contributed by atoms with E-state index in [9.17, 15) is 4.79 Å². The topological polar surface area (TPSA) is 85.8 Å². The van der Waals surface area contributed by atoms with Crippen LogP contribution < -0.4 is 11.1 Å². The molecule has 2 aromatic carbocycles. The number of anilines is 2. The van der Waals surface area contributed by atoms with Crippen molar-refractivity contribution in [3.63, 3.8) is 0 Å². The van der Waals surface area contributed by atoms with Gasteiger partial charge in [0.15, 0.2) is 5.13 Å². The summed E-state index contributed by atoms with van der Waals surface area (Å²) in [6.07, 6.45) is 2.75. The molecular formula is C20H21N5OS. The van der Waals surface area contributed by atoms with Crippen molar-refractivity contribution in [3.05, 3.63) is 47.7 Å². The number of rotatable bonds is 5. The van der Waals surface area contributed by atoms with Crippen LogP contribution in [0.5, 0.6) is 0 Å². The summed E-state index contributed by atoms with van der Waals surface area (Å²) >= 11 is 1.58. The van der Waals surface area contributed by atoms with Crippen molar-refractivity contribution >= 4 is 49.2 Å². The summed E-state index contributed by atoms with van der Waals surface area (Å²) in [4.78, 5) is 16.4. The first-order valence-electron chi connectivity index (χ1n) is 8.83. The van der Waals surface area contributed by atoms with Crippen LogP contribution in [0.1, 0.15) is 29.8 Å². The van der Waals surface area contributed by atoms with Crippen LogP contribution in [0.25, 0.3) is 21.1 Å². The van der Waals surface area contributed by atoms with Crippen molar-refractivity contribution < 1.29 is 4.79 Å². The Balaban J connectivity index is 1.77. The van der Waals surface area contributed by atoms with Gasteiger partial charge in [-0.3, -0.25) is 9.48 Å². The first-order valence-corrected chi connectivity index (χ1v) is 9.65. The van der Waals surface area contributed by atoms with E-state index >= 15 is 0 Å². The van der Waals surface area contributed by atoms with E-state index in [4.69, 9.17) is 10.7 Å². The fourth-order valence-electron chi connectivity index (χ4n) is 3.25. The van der Waals surface area contributed by atoms with Crippen LogP contribution in [0.3, 0.4) is 0 Å². The molecule has 0 fully saturated rings. The third kappa shape index (κ3) is 3.26. The van der Waals surface area contributed by atoms with Gasteiger partial charge in [-0.2, -0.15) is 5.10 Å². The van der Waals surface area contributed by atoms with E-state index in [2.05, 4.69) is 36.4 Å². The number of benzene rings is 2. The Labute approximate surface area is 161 Å². The maximum Gasteiger partial charge on any atom is 0.248 e. The molecule has 4 rings (SSSR count). The van der Waals surface area contributed by atoms with Crippen molar-refractivity contribution in [2.45, 2.75) is 20.3 Å². The molecule has 138 valence electrons. The van der Waals surface area contributed by atoms with Gasteiger partial charge in [0.1, 0.15) is 0 Å². The molecule has 27 heavy (non-hydrogen) atoms. The second-order valence-electron chi connectivity index (χ2n) is 7.09. The number of aromatic nitrogens is 3. The highest BCUT2D eigenvalue weighted by atomic mass is 32.1. The SMILES string of the molecule is CC(C)Cc1ccc(C(N)=O)cc1Nc1nc2c(ccc3c2cnn3C)s1. The molecule has 2 aromatic heterocycles. The Morgan fingerprint density at radius 3 is 2.85 bits per heavy atom. The molecule has 0 spiro atoms. The number of aryl methyl sites for hydroxylation is 1. The zero-order valence-electron chi connectivity index (χ0n) is 15.5. The number of amides is 1. The van der Waals surface area contributed by atoms with Gasteiger partial charge in [-0.25, -0.2) is 4.98 Å². The van der Waals surface area contributed by atoms with Crippen LogP contribution >= 0.6 is 11.3 Å². The molecule has 0 unspecified atom stereocenters. The number of nitrogens with zero attached hydrogens (tertiary/aromatic N) is 3. The standard InChI is InChI=1S/C20H21N5OS/c1-11(2)8-12-4-5-13(19(21)26)9-15(12)23-20-24-18-14-10-22-25(3)16(14)6-7-17(18)27-20/h4-7,9-11H,8H2,1-3H3,(H2,21,26)(H,23,24). The number of thiazole rings is 1. The number of hydrogen-bond donors (Lipinski definition) is 2. The van der Waals surface area contributed by atoms with E-state index in [0.29, 0.717) is 11.5 Å². The van der Waals surface area contributed by atoms with Gasteiger partial charge in [0, 0.05) is 23.7 Å². The van der Waals surface area contributed by atoms with Crippen LogP contribution in [0.2, 0.25) is 0 Å². The largest absolute Gasteiger partial charge is 0.366 e. The number of carbonyl (C=O) groups excluding carboxylic acids is 1. The van der Waals surface area contributed by atoms with Gasteiger partial charge in [0.25, 0.3) is 0 Å². The Bertz CT molecular complexity index is 1160. The fraction of sp³-hybridized carbons (Fsp3) is 0.250. The minimum absolute atomic E-state index is 0.435. The average molecular weight is 379 g/mol. The van der Waals surface area contributed by atoms with Crippen LogP contribution in [-0.4, -0.2) is 20.7 Å². The quantitative estimate of drug-likeness (QED) is 0.543. The van der Waals surface area contributed by atoms with Crippen LogP contribution in [-0.2, 0) is 13.5 Å². The Hall–Kier alpha value is -2.93. The van der Waals surface area contributed by atoms with E-state index in [1.54, 1.807) is 17.4 Å². The molecule has 0 aliphatic rings. The molecule has 1 amide bonds. The van der Waals surface area contributed by atoms with E-state index in [-0.39, 0.29) is 0 Å². The summed E-state index contributed by atoms with van der Waals surface area (Å²) in [7, 11) is 1.92. The molecule has 0 radical (unpaired) electrons. The lowest BCUT2D eigenvalue weighted by Gasteiger charge is -2.13. The van der Waals surface area contributed by atoms with Gasteiger partial charge < -0.3 is 11.1 Å². The Morgan fingerprint density at radius 2 is 2.11 bits per heavy atom. The molecule has 2 heterocycles. The molecule has 0 bridgehead atoms. The average Bonchev–Trinajstić information content (AvgIpc) is 3.19. The number of carbonyl (C=O) groups is 1. The normalized spacial score (nSPS) is 11.6. The van der Waals surface area contributed by atoms with Crippen molar-refractivity contribution in [2.75, 3.05) is 5.32 Å². The molecule has 3 N–H and O–H groups in total. The highest BCUT2D eigenvalue weighted by Gasteiger charge is 2.13. The minimum Gasteiger partial charge on any atom is -0.366 e. The van der Waals surface area contributed by atoms with E-state index in [1.165, 1.54) is 0 Å². The first-order chi connectivity index (χ1) is 12.9. The predicted molar refractivity (Wildman–Crippen MR) is 111 cm³/mol. The van der Waals surface area contributed by atoms with Crippen LogP contribution in [0.4, 0.5) is 10.8 Å². The molecule has 0 saturated heterocycles. The van der Waals surface area contributed by atoms with Crippen molar-refractivity contribution in [1.82, 2.24) is 14.8 Å². The molecule has 7 heteroatoms.